The van der Waals surface area contributed by atoms with E-state index in [1.807, 2.05) is 13.0 Å². The summed E-state index contributed by atoms with van der Waals surface area (Å²) in [5.41, 5.74) is 1.70. The minimum atomic E-state index is -0.109. The molecule has 0 saturated carbocycles. The highest BCUT2D eigenvalue weighted by atomic mass is 35.5. The molecule has 1 N–H and O–H groups in total. The number of thioether (sulfide) groups is 1. The van der Waals surface area contributed by atoms with Crippen molar-refractivity contribution in [3.05, 3.63) is 47.2 Å². The number of benzene rings is 1. The molecule has 1 amide bonds. The first-order valence-electron chi connectivity index (χ1n) is 5.61. The van der Waals surface area contributed by atoms with Gasteiger partial charge in [0, 0.05) is 23.1 Å². The van der Waals surface area contributed by atoms with Gasteiger partial charge in [-0.3, -0.25) is 4.79 Å². The monoisotopic (exact) mass is 293 g/mol. The molecule has 0 unspecified atom stereocenters. The van der Waals surface area contributed by atoms with E-state index in [-0.39, 0.29) is 11.7 Å². The Labute approximate surface area is 120 Å². The van der Waals surface area contributed by atoms with Crippen LogP contribution in [-0.2, 0) is 4.79 Å². The minimum absolute atomic E-state index is 0.109. The molecule has 0 aliphatic heterocycles. The molecule has 6 heteroatoms. The molecule has 0 aliphatic carbocycles. The molecule has 0 saturated heterocycles. The maximum absolute atomic E-state index is 11.8. The van der Waals surface area contributed by atoms with Crippen molar-refractivity contribution in [3.63, 3.8) is 0 Å². The minimum Gasteiger partial charge on any atom is -0.325 e. The standard InChI is InChI=1S/C13H12ClN3OS/c1-9-3-4-10(14)7-11(9)17-12(18)8-19-13-15-5-2-6-16-13/h2-7H,8H2,1H3,(H,17,18). The molecular weight excluding hydrogens is 282 g/mol. The molecule has 0 radical (unpaired) electrons. The molecule has 2 aromatic rings. The maximum Gasteiger partial charge on any atom is 0.234 e. The van der Waals surface area contributed by atoms with E-state index in [9.17, 15) is 4.79 Å². The van der Waals surface area contributed by atoms with Gasteiger partial charge in [-0.15, -0.1) is 0 Å². The van der Waals surface area contributed by atoms with Crippen LogP contribution in [0.4, 0.5) is 5.69 Å². The maximum atomic E-state index is 11.8. The van der Waals surface area contributed by atoms with Gasteiger partial charge in [-0.25, -0.2) is 9.97 Å². The number of rotatable bonds is 4. The second-order valence-electron chi connectivity index (χ2n) is 3.83. The van der Waals surface area contributed by atoms with E-state index in [4.69, 9.17) is 11.6 Å². The van der Waals surface area contributed by atoms with Crippen LogP contribution in [0, 0.1) is 6.92 Å². The first-order chi connectivity index (χ1) is 9.15. The fourth-order valence-electron chi connectivity index (χ4n) is 1.41. The number of carbonyl (C=O) groups excluding carboxylic acids is 1. The van der Waals surface area contributed by atoms with Gasteiger partial charge >= 0.3 is 0 Å². The van der Waals surface area contributed by atoms with Gasteiger partial charge in [-0.05, 0) is 30.7 Å². The summed E-state index contributed by atoms with van der Waals surface area (Å²) in [5, 5.41) is 4.00. The van der Waals surface area contributed by atoms with E-state index < -0.39 is 0 Å². The van der Waals surface area contributed by atoms with Crippen molar-refractivity contribution in [3.8, 4) is 0 Å². The Morgan fingerprint density at radius 1 is 1.37 bits per heavy atom. The van der Waals surface area contributed by atoms with Crippen LogP contribution in [0.25, 0.3) is 0 Å². The largest absolute Gasteiger partial charge is 0.325 e. The molecule has 2 rings (SSSR count). The van der Waals surface area contributed by atoms with Crippen LogP contribution in [-0.4, -0.2) is 21.6 Å². The smallest absolute Gasteiger partial charge is 0.234 e. The highest BCUT2D eigenvalue weighted by Gasteiger charge is 2.07. The van der Waals surface area contributed by atoms with Crippen LogP contribution >= 0.6 is 23.4 Å². The van der Waals surface area contributed by atoms with Crippen LogP contribution in [0.1, 0.15) is 5.56 Å². The summed E-state index contributed by atoms with van der Waals surface area (Å²) in [6, 6.07) is 7.13. The molecule has 4 nitrogen and oxygen atoms in total. The number of nitrogens with zero attached hydrogens (tertiary/aromatic N) is 2. The fraction of sp³-hybridized carbons (Fsp3) is 0.154. The molecule has 0 fully saturated rings. The Hall–Kier alpha value is -1.59. The topological polar surface area (TPSA) is 54.9 Å². The number of halogens is 1. The zero-order valence-electron chi connectivity index (χ0n) is 10.3. The molecule has 1 aromatic heterocycles. The summed E-state index contributed by atoms with van der Waals surface area (Å²) >= 11 is 7.19. The number of carbonyl (C=O) groups is 1. The highest BCUT2D eigenvalue weighted by Crippen LogP contribution is 2.20. The molecular formula is C13H12ClN3OS. The van der Waals surface area contributed by atoms with Crippen LogP contribution < -0.4 is 5.32 Å². The van der Waals surface area contributed by atoms with Crippen molar-refractivity contribution in [2.24, 2.45) is 0 Å². The first-order valence-corrected chi connectivity index (χ1v) is 6.97. The normalized spacial score (nSPS) is 10.2. The quantitative estimate of drug-likeness (QED) is 0.695. The number of anilines is 1. The summed E-state index contributed by atoms with van der Waals surface area (Å²) in [6.07, 6.45) is 3.29. The van der Waals surface area contributed by atoms with E-state index in [2.05, 4.69) is 15.3 Å². The SMILES string of the molecule is Cc1ccc(Cl)cc1NC(=O)CSc1ncccn1. The van der Waals surface area contributed by atoms with Crippen LogP contribution in [0.3, 0.4) is 0 Å². The predicted molar refractivity (Wildman–Crippen MR) is 77.6 cm³/mol. The van der Waals surface area contributed by atoms with E-state index in [0.717, 1.165) is 11.3 Å². The van der Waals surface area contributed by atoms with Crippen LogP contribution in [0.5, 0.6) is 0 Å². The Balaban J connectivity index is 1.93. The van der Waals surface area contributed by atoms with Crippen molar-refractivity contribution in [2.75, 3.05) is 11.1 Å². The highest BCUT2D eigenvalue weighted by molar-refractivity contribution is 7.99. The Kier molecular flexibility index (Phi) is 4.76. The summed E-state index contributed by atoms with van der Waals surface area (Å²) in [4.78, 5) is 19.9. The number of aromatic nitrogens is 2. The van der Waals surface area contributed by atoms with Gasteiger partial charge in [0.1, 0.15) is 0 Å². The lowest BCUT2D eigenvalue weighted by Crippen LogP contribution is -2.15. The van der Waals surface area contributed by atoms with Gasteiger partial charge in [0.25, 0.3) is 0 Å². The average Bonchev–Trinajstić information content (AvgIpc) is 2.42. The zero-order chi connectivity index (χ0) is 13.7. The molecule has 0 bridgehead atoms. The number of hydrogen-bond donors (Lipinski definition) is 1. The fourth-order valence-corrected chi connectivity index (χ4v) is 2.18. The Morgan fingerprint density at radius 3 is 2.84 bits per heavy atom. The third-order valence-corrected chi connectivity index (χ3v) is 3.46. The van der Waals surface area contributed by atoms with Crippen molar-refractivity contribution in [1.29, 1.82) is 0 Å². The molecule has 98 valence electrons. The lowest BCUT2D eigenvalue weighted by atomic mass is 10.2. The van der Waals surface area contributed by atoms with Crippen molar-refractivity contribution >= 4 is 35.0 Å². The van der Waals surface area contributed by atoms with Crippen LogP contribution in [0.15, 0.2) is 41.8 Å². The van der Waals surface area contributed by atoms with Crippen molar-refractivity contribution in [2.45, 2.75) is 12.1 Å². The number of aryl methyl sites for hydroxylation is 1. The molecule has 19 heavy (non-hydrogen) atoms. The molecule has 1 aromatic carbocycles. The van der Waals surface area contributed by atoms with Gasteiger partial charge in [0.05, 0.1) is 5.75 Å². The van der Waals surface area contributed by atoms with Gasteiger partial charge in [-0.2, -0.15) is 0 Å². The summed E-state index contributed by atoms with van der Waals surface area (Å²) in [7, 11) is 0. The number of amides is 1. The molecule has 1 heterocycles. The van der Waals surface area contributed by atoms with Gasteiger partial charge in [0.2, 0.25) is 5.91 Å². The average molecular weight is 294 g/mol. The molecule has 0 aliphatic rings. The first kappa shape index (κ1) is 13.8. The van der Waals surface area contributed by atoms with E-state index in [1.54, 1.807) is 30.6 Å². The van der Waals surface area contributed by atoms with Crippen molar-refractivity contribution in [1.82, 2.24) is 9.97 Å². The van der Waals surface area contributed by atoms with E-state index in [1.165, 1.54) is 11.8 Å². The van der Waals surface area contributed by atoms with Gasteiger partial charge in [-0.1, -0.05) is 29.4 Å². The predicted octanol–water partition coefficient (Wildman–Crippen LogP) is 3.17. The molecule has 0 atom stereocenters. The van der Waals surface area contributed by atoms with Gasteiger partial charge in [0.15, 0.2) is 5.16 Å². The lowest BCUT2D eigenvalue weighted by molar-refractivity contribution is -0.113. The zero-order valence-corrected chi connectivity index (χ0v) is 11.8. The second kappa shape index (κ2) is 6.54. The lowest BCUT2D eigenvalue weighted by Gasteiger charge is -2.08. The summed E-state index contributed by atoms with van der Waals surface area (Å²) in [5.74, 6) is 0.151. The van der Waals surface area contributed by atoms with Crippen molar-refractivity contribution < 1.29 is 4.79 Å². The third-order valence-electron chi connectivity index (χ3n) is 2.35. The number of hydrogen-bond acceptors (Lipinski definition) is 4. The summed E-state index contributed by atoms with van der Waals surface area (Å²) < 4.78 is 0. The van der Waals surface area contributed by atoms with Crippen LogP contribution in [0.2, 0.25) is 5.02 Å². The van der Waals surface area contributed by atoms with Gasteiger partial charge < -0.3 is 5.32 Å². The van der Waals surface area contributed by atoms with E-state index in [0.29, 0.717) is 10.2 Å². The Bertz CT molecular complexity index is 577. The van der Waals surface area contributed by atoms with E-state index >= 15 is 0 Å². The second-order valence-corrected chi connectivity index (χ2v) is 5.21. The molecule has 0 spiro atoms. The third kappa shape index (κ3) is 4.22. The summed E-state index contributed by atoms with van der Waals surface area (Å²) in [6.45, 7) is 1.92. The Morgan fingerprint density at radius 2 is 2.11 bits per heavy atom. The number of nitrogens with one attached hydrogen (secondary N) is 1.